The predicted molar refractivity (Wildman–Crippen MR) is 126 cm³/mol. The number of rotatable bonds is 5. The molecule has 1 saturated heterocycles. The largest absolute Gasteiger partial charge is 0.324 e. The van der Waals surface area contributed by atoms with Crippen LogP contribution in [0.5, 0.6) is 0 Å². The third-order valence-electron chi connectivity index (χ3n) is 5.59. The molecular weight excluding hydrogens is 444 g/mol. The second-order valence-corrected chi connectivity index (χ2v) is 10.6. The number of nitrogens with one attached hydrogen (secondary N) is 1. The summed E-state index contributed by atoms with van der Waals surface area (Å²) in [6.45, 7) is 0.799. The molecule has 1 aromatic heterocycles. The second-order valence-electron chi connectivity index (χ2n) is 7.51. The van der Waals surface area contributed by atoms with Gasteiger partial charge in [0, 0.05) is 35.9 Å². The van der Waals surface area contributed by atoms with Crippen LogP contribution in [0, 0.1) is 0 Å². The third-order valence-corrected chi connectivity index (χ3v) is 8.67. The van der Waals surface area contributed by atoms with E-state index in [2.05, 4.69) is 15.3 Å². The average Bonchev–Trinajstić information content (AvgIpc) is 2.85. The number of carbonyl (C=O) groups is 1. The van der Waals surface area contributed by atoms with E-state index in [0.29, 0.717) is 30.8 Å². The molecule has 2 heterocycles. The quantitative estimate of drug-likeness (QED) is 0.560. The van der Waals surface area contributed by atoms with E-state index in [-0.39, 0.29) is 6.03 Å². The molecule has 0 bridgehead atoms. The Balaban J connectivity index is 1.39. The van der Waals surface area contributed by atoms with Crippen LogP contribution in [0.2, 0.25) is 0 Å². The van der Waals surface area contributed by atoms with Crippen LogP contribution in [0.1, 0.15) is 12.8 Å². The fraction of sp³-hybridized carbons (Fsp3) is 0.261. The monoisotopic (exact) mass is 468 g/mol. The van der Waals surface area contributed by atoms with E-state index >= 15 is 0 Å². The Morgan fingerprint density at radius 2 is 1.66 bits per heavy atom. The van der Waals surface area contributed by atoms with Gasteiger partial charge in [-0.2, -0.15) is 0 Å². The number of likely N-dealkylation sites (tertiary alicyclic amines) is 1. The Bertz CT molecular complexity index is 1180. The summed E-state index contributed by atoms with van der Waals surface area (Å²) < 4.78 is 26.3. The molecule has 1 fully saturated rings. The minimum Gasteiger partial charge on any atom is -0.324 e. The van der Waals surface area contributed by atoms with Crippen LogP contribution in [-0.2, 0) is 9.84 Å². The summed E-state index contributed by atoms with van der Waals surface area (Å²) in [4.78, 5) is 23.6. The van der Waals surface area contributed by atoms with Crippen molar-refractivity contribution in [2.75, 3.05) is 24.7 Å². The van der Waals surface area contributed by atoms with Crippen molar-refractivity contribution >= 4 is 33.3 Å². The third kappa shape index (κ3) is 4.78. The van der Waals surface area contributed by atoms with E-state index in [1.54, 1.807) is 53.3 Å². The maximum Gasteiger partial charge on any atom is 0.321 e. The molecule has 4 rings (SSSR count). The lowest BCUT2D eigenvalue weighted by Crippen LogP contribution is -2.44. The van der Waals surface area contributed by atoms with Crippen LogP contribution in [0.25, 0.3) is 11.1 Å². The molecule has 32 heavy (non-hydrogen) atoms. The first-order valence-corrected chi connectivity index (χ1v) is 13.0. The van der Waals surface area contributed by atoms with E-state index in [4.69, 9.17) is 0 Å². The van der Waals surface area contributed by atoms with Gasteiger partial charge in [0.05, 0.1) is 15.8 Å². The van der Waals surface area contributed by atoms with Gasteiger partial charge in [0.15, 0.2) is 9.84 Å². The molecule has 1 aliphatic heterocycles. The molecule has 0 radical (unpaired) electrons. The zero-order valence-electron chi connectivity index (χ0n) is 17.6. The number of benzene rings is 2. The topological polar surface area (TPSA) is 92.3 Å². The number of piperidine rings is 1. The molecular formula is C23H24N4O3S2. The summed E-state index contributed by atoms with van der Waals surface area (Å²) in [5.41, 5.74) is 2.46. The van der Waals surface area contributed by atoms with Crippen LogP contribution in [0.3, 0.4) is 0 Å². The standard InChI is InChI=1S/C23H24N4O3S2/c1-31-22-5-3-2-4-21(22)26-23(28)27-12-10-20(11-13-27)32(29,30)19-8-6-17(7-9-19)18-14-24-16-25-15-18/h2-9,14-16,20H,10-13H2,1H3,(H,26,28). The summed E-state index contributed by atoms with van der Waals surface area (Å²) in [5.74, 6) is 0. The van der Waals surface area contributed by atoms with Gasteiger partial charge in [-0.1, -0.05) is 24.3 Å². The minimum absolute atomic E-state index is 0.197. The number of nitrogens with zero attached hydrogens (tertiary/aromatic N) is 3. The number of hydrogen-bond donors (Lipinski definition) is 1. The molecule has 166 valence electrons. The van der Waals surface area contributed by atoms with Crippen molar-refractivity contribution in [1.82, 2.24) is 14.9 Å². The first kappa shape index (κ1) is 22.3. The van der Waals surface area contributed by atoms with Crippen LogP contribution < -0.4 is 5.32 Å². The highest BCUT2D eigenvalue weighted by atomic mass is 32.2. The van der Waals surface area contributed by atoms with Crippen molar-refractivity contribution in [3.8, 4) is 11.1 Å². The number of amides is 2. The van der Waals surface area contributed by atoms with E-state index in [1.807, 2.05) is 30.5 Å². The molecule has 0 aliphatic carbocycles. The van der Waals surface area contributed by atoms with E-state index in [0.717, 1.165) is 21.7 Å². The number of sulfone groups is 1. The predicted octanol–water partition coefficient (Wildman–Crippen LogP) is 4.34. The van der Waals surface area contributed by atoms with Gasteiger partial charge in [0.2, 0.25) is 0 Å². The summed E-state index contributed by atoms with van der Waals surface area (Å²) >= 11 is 1.57. The van der Waals surface area contributed by atoms with E-state index in [1.165, 1.54) is 6.33 Å². The van der Waals surface area contributed by atoms with Gasteiger partial charge in [0.25, 0.3) is 0 Å². The van der Waals surface area contributed by atoms with Gasteiger partial charge in [-0.25, -0.2) is 23.2 Å². The summed E-state index contributed by atoms with van der Waals surface area (Å²) in [7, 11) is -3.47. The van der Waals surface area contributed by atoms with Crippen molar-refractivity contribution in [2.24, 2.45) is 0 Å². The van der Waals surface area contributed by atoms with Crippen LogP contribution >= 0.6 is 11.8 Å². The zero-order valence-corrected chi connectivity index (χ0v) is 19.3. The van der Waals surface area contributed by atoms with Crippen molar-refractivity contribution in [3.05, 3.63) is 67.3 Å². The minimum atomic E-state index is -3.47. The number of aromatic nitrogens is 2. The number of thioether (sulfide) groups is 1. The number of urea groups is 1. The van der Waals surface area contributed by atoms with Crippen molar-refractivity contribution in [1.29, 1.82) is 0 Å². The molecule has 1 N–H and O–H groups in total. The SMILES string of the molecule is CSc1ccccc1NC(=O)N1CCC(S(=O)(=O)c2ccc(-c3cncnc3)cc2)CC1. The summed E-state index contributed by atoms with van der Waals surface area (Å²) in [5, 5.41) is 2.44. The Labute approximate surface area is 192 Å². The maximum atomic E-state index is 13.1. The normalized spacial score (nSPS) is 14.8. The van der Waals surface area contributed by atoms with Crippen molar-refractivity contribution in [2.45, 2.75) is 27.9 Å². The number of anilines is 1. The fourth-order valence-corrected chi connectivity index (χ4v) is 6.07. The van der Waals surface area contributed by atoms with Crippen LogP contribution in [-0.4, -0.2) is 53.9 Å². The van der Waals surface area contributed by atoms with Crippen LogP contribution in [0.15, 0.2) is 77.0 Å². The van der Waals surface area contributed by atoms with Gasteiger partial charge in [-0.3, -0.25) is 0 Å². The van der Waals surface area contributed by atoms with Gasteiger partial charge in [-0.15, -0.1) is 11.8 Å². The molecule has 0 unspecified atom stereocenters. The number of hydrogen-bond acceptors (Lipinski definition) is 6. The molecule has 0 spiro atoms. The van der Waals surface area contributed by atoms with Crippen molar-refractivity contribution < 1.29 is 13.2 Å². The first-order chi connectivity index (χ1) is 15.5. The smallest absolute Gasteiger partial charge is 0.321 e. The summed E-state index contributed by atoms with van der Waals surface area (Å²) in [6, 6.07) is 14.3. The second kappa shape index (κ2) is 9.70. The number of para-hydroxylation sites is 1. The lowest BCUT2D eigenvalue weighted by molar-refractivity contribution is 0.200. The van der Waals surface area contributed by atoms with Gasteiger partial charge in [0.1, 0.15) is 6.33 Å². The fourth-order valence-electron chi connectivity index (χ4n) is 3.79. The highest BCUT2D eigenvalue weighted by Gasteiger charge is 2.32. The molecule has 0 atom stereocenters. The van der Waals surface area contributed by atoms with Gasteiger partial charge in [-0.05, 0) is 48.9 Å². The Hall–Kier alpha value is -2.91. The van der Waals surface area contributed by atoms with Gasteiger partial charge < -0.3 is 10.2 Å². The first-order valence-electron chi connectivity index (χ1n) is 10.3. The van der Waals surface area contributed by atoms with Crippen LogP contribution in [0.4, 0.5) is 10.5 Å². The molecule has 3 aromatic rings. The van der Waals surface area contributed by atoms with E-state index in [9.17, 15) is 13.2 Å². The molecule has 1 aliphatic rings. The lowest BCUT2D eigenvalue weighted by atomic mass is 10.1. The van der Waals surface area contributed by atoms with E-state index < -0.39 is 15.1 Å². The molecule has 9 heteroatoms. The summed E-state index contributed by atoms with van der Waals surface area (Å²) in [6.07, 6.45) is 7.62. The molecule has 2 amide bonds. The lowest BCUT2D eigenvalue weighted by Gasteiger charge is -2.32. The van der Waals surface area contributed by atoms with Crippen molar-refractivity contribution in [3.63, 3.8) is 0 Å². The Kier molecular flexibility index (Phi) is 6.76. The average molecular weight is 469 g/mol. The maximum absolute atomic E-state index is 13.1. The molecule has 0 saturated carbocycles. The van der Waals surface area contributed by atoms with Gasteiger partial charge >= 0.3 is 6.03 Å². The zero-order chi connectivity index (χ0) is 22.6. The molecule has 2 aromatic carbocycles. The Morgan fingerprint density at radius 1 is 1.00 bits per heavy atom. The Morgan fingerprint density at radius 3 is 2.31 bits per heavy atom. The number of carbonyl (C=O) groups excluding carboxylic acids is 1. The molecule has 7 nitrogen and oxygen atoms in total. The highest BCUT2D eigenvalue weighted by Crippen LogP contribution is 2.28. The highest BCUT2D eigenvalue weighted by molar-refractivity contribution is 7.98.